The van der Waals surface area contributed by atoms with E-state index in [1.54, 1.807) is 18.2 Å². The minimum absolute atomic E-state index is 0.246. The first-order valence-electron chi connectivity index (χ1n) is 10.6. The van der Waals surface area contributed by atoms with Crippen molar-refractivity contribution >= 4 is 15.7 Å². The van der Waals surface area contributed by atoms with E-state index in [1.807, 2.05) is 30.3 Å². The standard InChI is InChI=1S/C24H33N3O3S/c1-6-14-26-16-19(3)27(17-18(26)2)24-21(8-7-9-23(24)28)15-20-10-12-22(13-11-20)31(29,30)25(4)5/h6-13,18-19,28H,1,14-17H2,2-5H3/t18-,19+/m0/s1. The second-order valence-electron chi connectivity index (χ2n) is 8.49. The van der Waals surface area contributed by atoms with Gasteiger partial charge in [0.05, 0.1) is 10.6 Å². The van der Waals surface area contributed by atoms with Crippen molar-refractivity contribution in [3.05, 3.63) is 66.2 Å². The average molecular weight is 444 g/mol. The predicted molar refractivity (Wildman–Crippen MR) is 126 cm³/mol. The Bertz CT molecular complexity index is 1020. The molecular formula is C24H33N3O3S. The molecule has 0 unspecified atom stereocenters. The number of para-hydroxylation sites is 1. The lowest BCUT2D eigenvalue weighted by Gasteiger charge is -2.45. The van der Waals surface area contributed by atoms with Crippen LogP contribution in [0.15, 0.2) is 60.0 Å². The summed E-state index contributed by atoms with van der Waals surface area (Å²) in [6.07, 6.45) is 2.55. The number of piperazine rings is 1. The van der Waals surface area contributed by atoms with E-state index in [2.05, 4.69) is 30.2 Å². The second kappa shape index (κ2) is 9.42. The lowest BCUT2D eigenvalue weighted by molar-refractivity contribution is 0.183. The van der Waals surface area contributed by atoms with Gasteiger partial charge in [-0.15, -0.1) is 6.58 Å². The van der Waals surface area contributed by atoms with E-state index >= 15 is 0 Å². The van der Waals surface area contributed by atoms with Crippen LogP contribution in [0.4, 0.5) is 5.69 Å². The van der Waals surface area contributed by atoms with Crippen molar-refractivity contribution < 1.29 is 13.5 Å². The highest BCUT2D eigenvalue weighted by Gasteiger charge is 2.31. The Labute approximate surface area is 186 Å². The van der Waals surface area contributed by atoms with Crippen LogP contribution in [0.25, 0.3) is 0 Å². The molecule has 1 N–H and O–H groups in total. The maximum atomic E-state index is 12.3. The predicted octanol–water partition coefficient (Wildman–Crippen LogP) is 3.32. The van der Waals surface area contributed by atoms with Gasteiger partial charge < -0.3 is 10.0 Å². The summed E-state index contributed by atoms with van der Waals surface area (Å²) in [4.78, 5) is 4.97. The number of benzene rings is 2. The fraction of sp³-hybridized carbons (Fsp3) is 0.417. The molecule has 168 valence electrons. The van der Waals surface area contributed by atoms with Crippen molar-refractivity contribution in [1.82, 2.24) is 9.21 Å². The van der Waals surface area contributed by atoms with E-state index in [1.165, 1.54) is 18.4 Å². The number of hydrogen-bond donors (Lipinski definition) is 1. The molecule has 1 heterocycles. The molecule has 0 saturated carbocycles. The molecule has 1 aliphatic heterocycles. The highest BCUT2D eigenvalue weighted by molar-refractivity contribution is 7.89. The largest absolute Gasteiger partial charge is 0.506 e. The molecule has 1 saturated heterocycles. The molecule has 0 bridgehead atoms. The molecule has 2 aromatic rings. The molecule has 2 atom stereocenters. The normalized spacial score (nSPS) is 20.2. The molecular weight excluding hydrogens is 410 g/mol. The summed E-state index contributed by atoms with van der Waals surface area (Å²) in [5.74, 6) is 0.278. The van der Waals surface area contributed by atoms with Gasteiger partial charge in [-0.1, -0.05) is 30.3 Å². The van der Waals surface area contributed by atoms with Gasteiger partial charge in [-0.25, -0.2) is 12.7 Å². The molecule has 0 aliphatic carbocycles. The third-order valence-corrected chi connectivity index (χ3v) is 7.79. The maximum absolute atomic E-state index is 12.3. The summed E-state index contributed by atoms with van der Waals surface area (Å²) >= 11 is 0. The Balaban J connectivity index is 1.88. The summed E-state index contributed by atoms with van der Waals surface area (Å²) in [6, 6.07) is 13.2. The van der Waals surface area contributed by atoms with Gasteiger partial charge in [0.2, 0.25) is 10.0 Å². The first-order chi connectivity index (χ1) is 14.6. The number of rotatable bonds is 7. The van der Waals surface area contributed by atoms with E-state index in [0.29, 0.717) is 12.5 Å². The van der Waals surface area contributed by atoms with Gasteiger partial charge in [0.15, 0.2) is 0 Å². The maximum Gasteiger partial charge on any atom is 0.242 e. The highest BCUT2D eigenvalue weighted by atomic mass is 32.2. The Hall–Kier alpha value is -2.35. The van der Waals surface area contributed by atoms with Crippen LogP contribution in [0, 0.1) is 0 Å². The van der Waals surface area contributed by atoms with Crippen LogP contribution in [-0.2, 0) is 16.4 Å². The van der Waals surface area contributed by atoms with Crippen molar-refractivity contribution in [2.75, 3.05) is 38.6 Å². The van der Waals surface area contributed by atoms with Crippen LogP contribution in [0.3, 0.4) is 0 Å². The fourth-order valence-corrected chi connectivity index (χ4v) is 5.09. The number of hydrogen-bond acceptors (Lipinski definition) is 5. The summed E-state index contributed by atoms with van der Waals surface area (Å²) in [5, 5.41) is 10.8. The molecule has 31 heavy (non-hydrogen) atoms. The van der Waals surface area contributed by atoms with Crippen LogP contribution in [-0.4, -0.2) is 68.5 Å². The molecule has 0 spiro atoms. The Morgan fingerprint density at radius 1 is 1.10 bits per heavy atom. The lowest BCUT2D eigenvalue weighted by Crippen LogP contribution is -2.56. The number of aromatic hydroxyl groups is 1. The topological polar surface area (TPSA) is 64.1 Å². The summed E-state index contributed by atoms with van der Waals surface area (Å²) in [5.41, 5.74) is 2.89. The summed E-state index contributed by atoms with van der Waals surface area (Å²) in [6.45, 7) is 10.8. The number of phenolic OH excluding ortho intramolecular Hbond substituents is 1. The molecule has 1 aliphatic rings. The minimum atomic E-state index is -3.45. The van der Waals surface area contributed by atoms with Crippen LogP contribution in [0.1, 0.15) is 25.0 Å². The quantitative estimate of drug-likeness (QED) is 0.665. The van der Waals surface area contributed by atoms with Gasteiger partial charge in [0.25, 0.3) is 0 Å². The Morgan fingerprint density at radius 3 is 2.39 bits per heavy atom. The van der Waals surface area contributed by atoms with Gasteiger partial charge >= 0.3 is 0 Å². The van der Waals surface area contributed by atoms with E-state index in [-0.39, 0.29) is 16.7 Å². The van der Waals surface area contributed by atoms with Crippen LogP contribution in [0.5, 0.6) is 5.75 Å². The van der Waals surface area contributed by atoms with Crippen LogP contribution in [0.2, 0.25) is 0 Å². The zero-order valence-corrected chi connectivity index (χ0v) is 19.6. The molecule has 3 rings (SSSR count). The van der Waals surface area contributed by atoms with E-state index in [9.17, 15) is 13.5 Å². The third kappa shape index (κ3) is 4.95. The van der Waals surface area contributed by atoms with Crippen molar-refractivity contribution in [2.24, 2.45) is 0 Å². The number of anilines is 1. The fourth-order valence-electron chi connectivity index (χ4n) is 4.19. The monoisotopic (exact) mass is 443 g/mol. The van der Waals surface area contributed by atoms with Crippen molar-refractivity contribution in [2.45, 2.75) is 37.2 Å². The van der Waals surface area contributed by atoms with Crippen molar-refractivity contribution in [3.63, 3.8) is 0 Å². The Kier molecular flexibility index (Phi) is 7.09. The van der Waals surface area contributed by atoms with Gasteiger partial charge in [-0.05, 0) is 49.6 Å². The zero-order chi connectivity index (χ0) is 22.8. The molecule has 0 aromatic heterocycles. The third-order valence-electron chi connectivity index (χ3n) is 5.96. The second-order valence-corrected chi connectivity index (χ2v) is 10.6. The van der Waals surface area contributed by atoms with E-state index in [0.717, 1.165) is 36.4 Å². The van der Waals surface area contributed by atoms with Crippen molar-refractivity contribution in [1.29, 1.82) is 0 Å². The lowest BCUT2D eigenvalue weighted by atomic mass is 9.99. The van der Waals surface area contributed by atoms with Crippen LogP contribution < -0.4 is 4.90 Å². The van der Waals surface area contributed by atoms with Crippen molar-refractivity contribution in [3.8, 4) is 5.75 Å². The van der Waals surface area contributed by atoms with Gasteiger partial charge in [-0.3, -0.25) is 4.90 Å². The zero-order valence-electron chi connectivity index (χ0n) is 18.8. The SMILES string of the molecule is C=CCN1C[C@@H](C)N(c2c(O)cccc2Cc2ccc(S(=O)(=O)N(C)C)cc2)C[C@@H]1C. The summed E-state index contributed by atoms with van der Waals surface area (Å²) in [7, 11) is -0.395. The summed E-state index contributed by atoms with van der Waals surface area (Å²) < 4.78 is 25.9. The minimum Gasteiger partial charge on any atom is -0.506 e. The average Bonchev–Trinajstić information content (AvgIpc) is 2.71. The highest BCUT2D eigenvalue weighted by Crippen LogP contribution is 2.36. The van der Waals surface area contributed by atoms with Crippen LogP contribution >= 0.6 is 0 Å². The van der Waals surface area contributed by atoms with Gasteiger partial charge in [-0.2, -0.15) is 0 Å². The molecule has 0 radical (unpaired) electrons. The number of phenols is 1. The van der Waals surface area contributed by atoms with E-state index in [4.69, 9.17) is 0 Å². The first kappa shape index (κ1) is 23.3. The van der Waals surface area contributed by atoms with Gasteiger partial charge in [0.1, 0.15) is 5.75 Å². The number of sulfonamides is 1. The Morgan fingerprint density at radius 2 is 1.77 bits per heavy atom. The molecule has 1 fully saturated rings. The molecule has 6 nitrogen and oxygen atoms in total. The van der Waals surface area contributed by atoms with E-state index < -0.39 is 10.0 Å². The number of nitrogens with zero attached hydrogens (tertiary/aromatic N) is 3. The molecule has 7 heteroatoms. The molecule has 2 aromatic carbocycles. The first-order valence-corrected chi connectivity index (χ1v) is 12.0. The van der Waals surface area contributed by atoms with Gasteiger partial charge in [0, 0.05) is 45.8 Å². The molecule has 0 amide bonds. The smallest absolute Gasteiger partial charge is 0.242 e.